The molecule has 1 aliphatic carbocycles. The normalized spacial score (nSPS) is 18.4. The number of fused-ring (bicyclic) bond motifs is 1. The fourth-order valence-electron chi connectivity index (χ4n) is 3.23. The molecule has 0 heterocycles. The molecule has 1 amide bonds. The SMILES string of the molecule is CC(CN(C)C)NC1CCc2cc(NC(=O)OC(C)(C)C)ccc21. The number of carbonyl (C=O) groups excluding carboxylic acids is 1. The fraction of sp³-hybridized carbons (Fsp3) is 0.632. The van der Waals surface area contributed by atoms with E-state index in [9.17, 15) is 4.79 Å². The summed E-state index contributed by atoms with van der Waals surface area (Å²) in [7, 11) is 4.19. The largest absolute Gasteiger partial charge is 0.444 e. The van der Waals surface area contributed by atoms with Crippen molar-refractivity contribution >= 4 is 11.8 Å². The molecule has 0 spiro atoms. The zero-order valence-electron chi connectivity index (χ0n) is 15.8. The minimum Gasteiger partial charge on any atom is -0.444 e. The van der Waals surface area contributed by atoms with Gasteiger partial charge >= 0.3 is 6.09 Å². The van der Waals surface area contributed by atoms with Crippen LogP contribution in [-0.2, 0) is 11.2 Å². The van der Waals surface area contributed by atoms with Gasteiger partial charge in [-0.25, -0.2) is 4.79 Å². The number of benzene rings is 1. The molecule has 2 N–H and O–H groups in total. The van der Waals surface area contributed by atoms with Crippen LogP contribution in [-0.4, -0.2) is 43.3 Å². The van der Waals surface area contributed by atoms with Crippen LogP contribution in [0.5, 0.6) is 0 Å². The topological polar surface area (TPSA) is 53.6 Å². The molecule has 0 saturated carbocycles. The highest BCUT2D eigenvalue weighted by Crippen LogP contribution is 2.33. The van der Waals surface area contributed by atoms with Crippen molar-refractivity contribution in [3.63, 3.8) is 0 Å². The molecule has 2 unspecified atom stereocenters. The van der Waals surface area contributed by atoms with Crippen molar-refractivity contribution in [3.05, 3.63) is 29.3 Å². The van der Waals surface area contributed by atoms with Crippen molar-refractivity contribution in [2.45, 2.75) is 58.2 Å². The molecule has 0 saturated heterocycles. The van der Waals surface area contributed by atoms with Gasteiger partial charge in [-0.3, -0.25) is 5.32 Å². The number of aryl methyl sites for hydroxylation is 1. The highest BCUT2D eigenvalue weighted by Gasteiger charge is 2.24. The van der Waals surface area contributed by atoms with Gasteiger partial charge in [0.05, 0.1) is 0 Å². The molecule has 2 atom stereocenters. The first-order chi connectivity index (χ1) is 11.1. The Kier molecular flexibility index (Phi) is 5.88. The third-order valence-corrected chi connectivity index (χ3v) is 3.99. The van der Waals surface area contributed by atoms with Gasteiger partial charge in [0.15, 0.2) is 0 Å². The van der Waals surface area contributed by atoms with Crippen molar-refractivity contribution in [1.29, 1.82) is 0 Å². The molecule has 0 bridgehead atoms. The van der Waals surface area contributed by atoms with Gasteiger partial charge in [-0.15, -0.1) is 0 Å². The lowest BCUT2D eigenvalue weighted by atomic mass is 10.1. The van der Waals surface area contributed by atoms with Crippen LogP contribution >= 0.6 is 0 Å². The van der Waals surface area contributed by atoms with E-state index in [1.165, 1.54) is 11.1 Å². The van der Waals surface area contributed by atoms with E-state index in [4.69, 9.17) is 4.74 Å². The average molecular weight is 333 g/mol. The number of nitrogens with one attached hydrogen (secondary N) is 2. The summed E-state index contributed by atoms with van der Waals surface area (Å²) < 4.78 is 5.30. The van der Waals surface area contributed by atoms with Gasteiger partial charge in [0, 0.05) is 24.3 Å². The maximum atomic E-state index is 11.9. The Morgan fingerprint density at radius 1 is 1.38 bits per heavy atom. The maximum absolute atomic E-state index is 11.9. The van der Waals surface area contributed by atoms with Crippen molar-refractivity contribution in [3.8, 4) is 0 Å². The number of nitrogens with zero attached hydrogens (tertiary/aromatic N) is 1. The molecule has 134 valence electrons. The van der Waals surface area contributed by atoms with Gasteiger partial charge in [-0.05, 0) is 77.9 Å². The predicted molar refractivity (Wildman–Crippen MR) is 98.5 cm³/mol. The Morgan fingerprint density at radius 3 is 2.71 bits per heavy atom. The van der Waals surface area contributed by atoms with E-state index in [1.54, 1.807) is 0 Å². The van der Waals surface area contributed by atoms with E-state index < -0.39 is 11.7 Å². The second-order valence-electron chi connectivity index (χ2n) is 7.96. The molecule has 0 aromatic heterocycles. The highest BCUT2D eigenvalue weighted by molar-refractivity contribution is 5.85. The van der Waals surface area contributed by atoms with E-state index in [1.807, 2.05) is 26.8 Å². The van der Waals surface area contributed by atoms with Crippen LogP contribution in [0.2, 0.25) is 0 Å². The van der Waals surface area contributed by atoms with Crippen LogP contribution in [0.1, 0.15) is 51.3 Å². The molecular weight excluding hydrogens is 302 g/mol. The van der Waals surface area contributed by atoms with E-state index in [0.29, 0.717) is 12.1 Å². The summed E-state index contributed by atoms with van der Waals surface area (Å²) in [6.45, 7) is 8.82. The number of carbonyl (C=O) groups is 1. The number of amides is 1. The average Bonchev–Trinajstić information content (AvgIpc) is 2.77. The first-order valence-corrected chi connectivity index (χ1v) is 8.67. The number of ether oxygens (including phenoxy) is 1. The molecule has 5 heteroatoms. The molecule has 0 radical (unpaired) electrons. The van der Waals surface area contributed by atoms with Gasteiger partial charge in [0.25, 0.3) is 0 Å². The predicted octanol–water partition coefficient (Wildman–Crippen LogP) is 3.56. The zero-order valence-corrected chi connectivity index (χ0v) is 15.8. The maximum Gasteiger partial charge on any atom is 0.412 e. The Morgan fingerprint density at radius 2 is 2.08 bits per heavy atom. The monoisotopic (exact) mass is 333 g/mol. The van der Waals surface area contributed by atoms with Gasteiger partial charge < -0.3 is 15.0 Å². The molecule has 1 aromatic carbocycles. The van der Waals surface area contributed by atoms with Crippen molar-refractivity contribution in [2.75, 3.05) is 26.0 Å². The number of anilines is 1. The lowest BCUT2D eigenvalue weighted by Gasteiger charge is -2.23. The fourth-order valence-corrected chi connectivity index (χ4v) is 3.23. The van der Waals surface area contributed by atoms with Crippen LogP contribution in [0, 0.1) is 0 Å². The van der Waals surface area contributed by atoms with E-state index >= 15 is 0 Å². The van der Waals surface area contributed by atoms with Crippen molar-refractivity contribution in [2.24, 2.45) is 0 Å². The molecule has 0 fully saturated rings. The minimum absolute atomic E-state index is 0.394. The summed E-state index contributed by atoms with van der Waals surface area (Å²) in [5, 5.41) is 6.53. The minimum atomic E-state index is -0.488. The van der Waals surface area contributed by atoms with Crippen molar-refractivity contribution in [1.82, 2.24) is 10.2 Å². The summed E-state index contributed by atoms with van der Waals surface area (Å²) >= 11 is 0. The number of likely N-dealkylation sites (N-methyl/N-ethyl adjacent to an activating group) is 1. The Labute approximate surface area is 145 Å². The number of hydrogen-bond acceptors (Lipinski definition) is 4. The molecular formula is C19H31N3O2. The molecule has 24 heavy (non-hydrogen) atoms. The van der Waals surface area contributed by atoms with Gasteiger partial charge in [0.2, 0.25) is 0 Å². The third kappa shape index (κ3) is 5.49. The molecule has 1 aliphatic rings. The quantitative estimate of drug-likeness (QED) is 0.865. The third-order valence-electron chi connectivity index (χ3n) is 3.99. The molecule has 2 rings (SSSR count). The smallest absolute Gasteiger partial charge is 0.412 e. The van der Waals surface area contributed by atoms with Gasteiger partial charge in [-0.1, -0.05) is 6.07 Å². The van der Waals surface area contributed by atoms with E-state index in [0.717, 1.165) is 25.1 Å². The summed E-state index contributed by atoms with van der Waals surface area (Å²) in [4.78, 5) is 14.1. The van der Waals surface area contributed by atoms with Crippen LogP contribution in [0.25, 0.3) is 0 Å². The second kappa shape index (κ2) is 7.53. The van der Waals surface area contributed by atoms with Crippen molar-refractivity contribution < 1.29 is 9.53 Å². The Bertz CT molecular complexity index is 578. The standard InChI is InChI=1S/C19H31N3O2/c1-13(12-22(5)6)20-17-10-7-14-11-15(8-9-16(14)17)21-18(23)24-19(2,3)4/h8-9,11,13,17,20H,7,10,12H2,1-6H3,(H,21,23). The van der Waals surface area contributed by atoms with E-state index in [2.05, 4.69) is 48.7 Å². The first kappa shape index (κ1) is 18.7. The van der Waals surface area contributed by atoms with Crippen LogP contribution in [0.3, 0.4) is 0 Å². The Hall–Kier alpha value is -1.59. The summed E-state index contributed by atoms with van der Waals surface area (Å²) in [6, 6.07) is 6.98. The molecule has 5 nitrogen and oxygen atoms in total. The molecule has 0 aliphatic heterocycles. The van der Waals surface area contributed by atoms with Crippen LogP contribution < -0.4 is 10.6 Å². The van der Waals surface area contributed by atoms with Crippen LogP contribution in [0.15, 0.2) is 18.2 Å². The lowest BCUT2D eigenvalue weighted by molar-refractivity contribution is 0.0636. The Balaban J connectivity index is 1.99. The first-order valence-electron chi connectivity index (χ1n) is 8.67. The highest BCUT2D eigenvalue weighted by atomic mass is 16.6. The summed E-state index contributed by atoms with van der Waals surface area (Å²) in [5.41, 5.74) is 2.96. The summed E-state index contributed by atoms with van der Waals surface area (Å²) in [6.07, 6.45) is 1.73. The van der Waals surface area contributed by atoms with E-state index in [-0.39, 0.29) is 0 Å². The summed E-state index contributed by atoms with van der Waals surface area (Å²) in [5.74, 6) is 0. The number of rotatable bonds is 5. The van der Waals surface area contributed by atoms with Crippen LogP contribution in [0.4, 0.5) is 10.5 Å². The number of hydrogen-bond donors (Lipinski definition) is 2. The van der Waals surface area contributed by atoms with Gasteiger partial charge in [0.1, 0.15) is 5.60 Å². The second-order valence-corrected chi connectivity index (χ2v) is 7.96. The lowest BCUT2D eigenvalue weighted by Crippen LogP contribution is -2.37. The zero-order chi connectivity index (χ0) is 17.9. The van der Waals surface area contributed by atoms with Gasteiger partial charge in [-0.2, -0.15) is 0 Å². The molecule has 1 aromatic rings.